The Morgan fingerprint density at radius 3 is 2.61 bits per heavy atom. The zero-order valence-corrected chi connectivity index (χ0v) is 10.3. The quantitative estimate of drug-likeness (QED) is 0.701. The molecule has 3 rings (SSSR count). The summed E-state index contributed by atoms with van der Waals surface area (Å²) in [7, 11) is 0. The standard InChI is InChI=1S/C14H10N2O.ClH/c1-2-14-13(16-7-1)10-12(17-14)4-3-11-5-8-15-9-6-11;/h1-10H;1H. The first kappa shape index (κ1) is 12.3. The van der Waals surface area contributed by atoms with Gasteiger partial charge in [0.2, 0.25) is 0 Å². The predicted molar refractivity (Wildman–Crippen MR) is 74.4 cm³/mol. The summed E-state index contributed by atoms with van der Waals surface area (Å²) in [6.07, 6.45) is 9.20. The summed E-state index contributed by atoms with van der Waals surface area (Å²) >= 11 is 0. The molecule has 0 aliphatic heterocycles. The van der Waals surface area contributed by atoms with Crippen molar-refractivity contribution in [2.45, 2.75) is 0 Å². The van der Waals surface area contributed by atoms with Gasteiger partial charge in [-0.2, -0.15) is 0 Å². The molecule has 0 spiro atoms. The Bertz CT molecular complexity index is 629. The second-order valence-electron chi connectivity index (χ2n) is 3.65. The highest BCUT2D eigenvalue weighted by Gasteiger charge is 2.00. The molecule has 3 heterocycles. The summed E-state index contributed by atoms with van der Waals surface area (Å²) in [5.74, 6) is 0.801. The fourth-order valence-electron chi connectivity index (χ4n) is 1.62. The van der Waals surface area contributed by atoms with E-state index in [1.807, 2.05) is 42.5 Å². The van der Waals surface area contributed by atoms with Crippen LogP contribution in [-0.2, 0) is 0 Å². The largest absolute Gasteiger partial charge is 0.455 e. The minimum atomic E-state index is 0. The third kappa shape index (κ3) is 2.57. The molecule has 0 atom stereocenters. The van der Waals surface area contributed by atoms with E-state index in [-0.39, 0.29) is 12.4 Å². The number of hydrogen-bond acceptors (Lipinski definition) is 3. The van der Waals surface area contributed by atoms with Gasteiger partial charge >= 0.3 is 0 Å². The van der Waals surface area contributed by atoms with Crippen molar-refractivity contribution >= 4 is 35.7 Å². The second kappa shape index (κ2) is 5.47. The van der Waals surface area contributed by atoms with Crippen LogP contribution < -0.4 is 0 Å². The van der Waals surface area contributed by atoms with Crippen LogP contribution in [0.1, 0.15) is 11.3 Å². The van der Waals surface area contributed by atoms with Gasteiger partial charge in [0.1, 0.15) is 11.3 Å². The zero-order chi connectivity index (χ0) is 11.5. The summed E-state index contributed by atoms with van der Waals surface area (Å²) in [6.45, 7) is 0. The number of furan rings is 1. The van der Waals surface area contributed by atoms with E-state index in [1.165, 1.54) is 0 Å². The second-order valence-corrected chi connectivity index (χ2v) is 3.65. The Morgan fingerprint density at radius 2 is 1.83 bits per heavy atom. The van der Waals surface area contributed by atoms with E-state index in [4.69, 9.17) is 4.42 Å². The maximum Gasteiger partial charge on any atom is 0.153 e. The minimum absolute atomic E-state index is 0. The normalized spacial score (nSPS) is 10.7. The van der Waals surface area contributed by atoms with Crippen molar-refractivity contribution in [2.75, 3.05) is 0 Å². The van der Waals surface area contributed by atoms with Crippen LogP contribution in [0.5, 0.6) is 0 Å². The lowest BCUT2D eigenvalue weighted by molar-refractivity contribution is 0.604. The van der Waals surface area contributed by atoms with Gasteiger partial charge in [-0.3, -0.25) is 9.97 Å². The average Bonchev–Trinajstić information content (AvgIpc) is 2.80. The fraction of sp³-hybridized carbons (Fsp3) is 0. The molecular formula is C14H11ClN2O. The van der Waals surface area contributed by atoms with Gasteiger partial charge in [0.05, 0.1) is 0 Å². The highest BCUT2D eigenvalue weighted by Crippen LogP contribution is 2.18. The van der Waals surface area contributed by atoms with Crippen LogP contribution >= 0.6 is 12.4 Å². The highest BCUT2D eigenvalue weighted by molar-refractivity contribution is 5.85. The highest BCUT2D eigenvalue weighted by atomic mass is 35.5. The lowest BCUT2D eigenvalue weighted by Crippen LogP contribution is -1.71. The van der Waals surface area contributed by atoms with Gasteiger partial charge in [-0.05, 0) is 35.9 Å². The van der Waals surface area contributed by atoms with Crippen LogP contribution in [0.2, 0.25) is 0 Å². The summed E-state index contributed by atoms with van der Waals surface area (Å²) in [4.78, 5) is 8.19. The first-order valence-corrected chi connectivity index (χ1v) is 5.34. The van der Waals surface area contributed by atoms with Crippen molar-refractivity contribution in [3.63, 3.8) is 0 Å². The molecule has 18 heavy (non-hydrogen) atoms. The number of pyridine rings is 2. The van der Waals surface area contributed by atoms with E-state index in [0.717, 1.165) is 22.4 Å². The molecule has 0 aliphatic carbocycles. The van der Waals surface area contributed by atoms with E-state index in [1.54, 1.807) is 18.6 Å². The van der Waals surface area contributed by atoms with Crippen LogP contribution in [-0.4, -0.2) is 9.97 Å². The number of aromatic nitrogens is 2. The van der Waals surface area contributed by atoms with Gasteiger partial charge < -0.3 is 4.42 Å². The maximum atomic E-state index is 5.62. The molecule has 4 heteroatoms. The van der Waals surface area contributed by atoms with E-state index < -0.39 is 0 Å². The number of fused-ring (bicyclic) bond motifs is 1. The van der Waals surface area contributed by atoms with Crippen LogP contribution in [0.15, 0.2) is 53.3 Å². The Morgan fingerprint density at radius 1 is 1.00 bits per heavy atom. The van der Waals surface area contributed by atoms with Gasteiger partial charge in [-0.1, -0.05) is 6.08 Å². The average molecular weight is 259 g/mol. The Balaban J connectivity index is 0.00000120. The number of hydrogen-bond donors (Lipinski definition) is 0. The van der Waals surface area contributed by atoms with Gasteiger partial charge in [-0.25, -0.2) is 0 Å². The summed E-state index contributed by atoms with van der Waals surface area (Å²) in [5, 5.41) is 0. The van der Waals surface area contributed by atoms with Crippen molar-refractivity contribution in [1.82, 2.24) is 9.97 Å². The van der Waals surface area contributed by atoms with Crippen LogP contribution in [0.25, 0.3) is 23.3 Å². The molecule has 0 saturated heterocycles. The Labute approximate surface area is 111 Å². The third-order valence-electron chi connectivity index (χ3n) is 2.45. The van der Waals surface area contributed by atoms with Crippen LogP contribution in [0.4, 0.5) is 0 Å². The summed E-state index contributed by atoms with van der Waals surface area (Å²) in [5.41, 5.74) is 2.78. The molecule has 0 saturated carbocycles. The van der Waals surface area contributed by atoms with Crippen molar-refractivity contribution in [3.8, 4) is 0 Å². The lowest BCUT2D eigenvalue weighted by atomic mass is 10.2. The van der Waals surface area contributed by atoms with E-state index >= 15 is 0 Å². The molecule has 3 aromatic heterocycles. The molecule has 0 radical (unpaired) electrons. The van der Waals surface area contributed by atoms with Crippen molar-refractivity contribution in [1.29, 1.82) is 0 Å². The Hall–Kier alpha value is -2.13. The lowest BCUT2D eigenvalue weighted by Gasteiger charge is -1.89. The van der Waals surface area contributed by atoms with Gasteiger partial charge in [0.15, 0.2) is 5.58 Å². The summed E-state index contributed by atoms with van der Waals surface area (Å²) < 4.78 is 5.62. The smallest absolute Gasteiger partial charge is 0.153 e. The minimum Gasteiger partial charge on any atom is -0.455 e. The van der Waals surface area contributed by atoms with E-state index in [9.17, 15) is 0 Å². The maximum absolute atomic E-state index is 5.62. The molecule has 0 bridgehead atoms. The number of rotatable bonds is 2. The fourth-order valence-corrected chi connectivity index (χ4v) is 1.62. The molecule has 0 aromatic carbocycles. The molecule has 3 aromatic rings. The van der Waals surface area contributed by atoms with Crippen LogP contribution in [0, 0.1) is 0 Å². The zero-order valence-electron chi connectivity index (χ0n) is 9.48. The van der Waals surface area contributed by atoms with Crippen LogP contribution in [0.3, 0.4) is 0 Å². The van der Waals surface area contributed by atoms with Crippen molar-refractivity contribution in [3.05, 3.63) is 60.2 Å². The number of halogens is 1. The Kier molecular flexibility index (Phi) is 3.75. The first-order valence-electron chi connectivity index (χ1n) is 5.34. The topological polar surface area (TPSA) is 38.9 Å². The molecule has 0 N–H and O–H groups in total. The predicted octanol–water partition coefficient (Wildman–Crippen LogP) is 3.82. The molecule has 90 valence electrons. The van der Waals surface area contributed by atoms with Gasteiger partial charge in [0, 0.05) is 24.7 Å². The monoisotopic (exact) mass is 258 g/mol. The van der Waals surface area contributed by atoms with E-state index in [2.05, 4.69) is 9.97 Å². The van der Waals surface area contributed by atoms with E-state index in [0.29, 0.717) is 0 Å². The molecule has 0 aliphatic rings. The number of nitrogens with zero attached hydrogens (tertiary/aromatic N) is 2. The first-order chi connectivity index (χ1) is 8.42. The summed E-state index contributed by atoms with van der Waals surface area (Å²) in [6, 6.07) is 9.58. The molecule has 0 fully saturated rings. The van der Waals surface area contributed by atoms with Gasteiger partial charge in [0.25, 0.3) is 0 Å². The molecule has 0 amide bonds. The molecule has 3 nitrogen and oxygen atoms in total. The molecular weight excluding hydrogens is 248 g/mol. The van der Waals surface area contributed by atoms with Crippen molar-refractivity contribution in [2.24, 2.45) is 0 Å². The SMILES string of the molecule is C(=Cc1cc2ncccc2o1)c1ccncc1.Cl. The molecule has 0 unspecified atom stereocenters. The third-order valence-corrected chi connectivity index (χ3v) is 2.45. The van der Waals surface area contributed by atoms with Crippen molar-refractivity contribution < 1.29 is 4.42 Å². The van der Waals surface area contributed by atoms with Gasteiger partial charge in [-0.15, -0.1) is 12.4 Å².